The van der Waals surface area contributed by atoms with Gasteiger partial charge in [-0.25, -0.2) is 8.42 Å². The number of hydrogen-bond acceptors (Lipinski definition) is 5. The van der Waals surface area contributed by atoms with E-state index in [2.05, 4.69) is 17.0 Å². The van der Waals surface area contributed by atoms with Gasteiger partial charge < -0.3 is 11.1 Å². The van der Waals surface area contributed by atoms with Crippen LogP contribution < -0.4 is 15.8 Å². The standard InChI is InChI=1S/C19H23N3O4S2/c1-3-12-4-9-15-16(10-12)27-19(17(15)18(20)24)22-28(25,26)14-7-5-13(6-8-14)21-11(2)23/h5-8,12,22H,3-4,9-10H2,1-2H3,(H2,20,24)(H,21,23)/t12-/m0/s1. The molecule has 0 spiro atoms. The Kier molecular flexibility index (Phi) is 5.76. The Bertz CT molecular complexity index is 1010. The summed E-state index contributed by atoms with van der Waals surface area (Å²) in [5, 5.41) is 2.86. The van der Waals surface area contributed by atoms with Crippen LogP contribution in [0.4, 0.5) is 10.7 Å². The molecule has 0 bridgehead atoms. The van der Waals surface area contributed by atoms with Crippen molar-refractivity contribution in [1.82, 2.24) is 0 Å². The molecule has 1 aromatic carbocycles. The first-order chi connectivity index (χ1) is 13.2. The molecule has 1 aliphatic rings. The van der Waals surface area contributed by atoms with Crippen LogP contribution in [-0.2, 0) is 27.7 Å². The molecule has 28 heavy (non-hydrogen) atoms. The molecule has 1 atom stereocenters. The van der Waals surface area contributed by atoms with Crippen molar-refractivity contribution in [3.05, 3.63) is 40.3 Å². The van der Waals surface area contributed by atoms with Gasteiger partial charge in [0.15, 0.2) is 0 Å². The van der Waals surface area contributed by atoms with E-state index in [1.165, 1.54) is 42.5 Å². The van der Waals surface area contributed by atoms with Gasteiger partial charge in [-0.05, 0) is 55.0 Å². The van der Waals surface area contributed by atoms with Gasteiger partial charge in [0.2, 0.25) is 5.91 Å². The number of sulfonamides is 1. The van der Waals surface area contributed by atoms with Crippen molar-refractivity contribution in [1.29, 1.82) is 0 Å². The van der Waals surface area contributed by atoms with E-state index in [4.69, 9.17) is 5.73 Å². The molecule has 150 valence electrons. The largest absolute Gasteiger partial charge is 0.365 e. The van der Waals surface area contributed by atoms with Gasteiger partial charge >= 0.3 is 0 Å². The van der Waals surface area contributed by atoms with E-state index in [0.29, 0.717) is 11.6 Å². The maximum Gasteiger partial charge on any atom is 0.262 e. The fourth-order valence-electron chi connectivity index (χ4n) is 3.44. The molecule has 9 heteroatoms. The van der Waals surface area contributed by atoms with Crippen molar-refractivity contribution in [3.8, 4) is 0 Å². The summed E-state index contributed by atoms with van der Waals surface area (Å²) in [5.74, 6) is -0.321. The molecule has 2 amide bonds. The van der Waals surface area contributed by atoms with Gasteiger partial charge in [-0.15, -0.1) is 11.3 Å². The van der Waals surface area contributed by atoms with Gasteiger partial charge in [0.1, 0.15) is 5.00 Å². The van der Waals surface area contributed by atoms with Gasteiger partial charge in [-0.2, -0.15) is 0 Å². The lowest BCUT2D eigenvalue weighted by Crippen LogP contribution is -2.20. The molecule has 1 heterocycles. The number of amides is 2. The Balaban J connectivity index is 1.91. The van der Waals surface area contributed by atoms with Crippen LogP contribution in [0.1, 0.15) is 47.5 Å². The highest BCUT2D eigenvalue weighted by molar-refractivity contribution is 7.93. The molecule has 0 aliphatic heterocycles. The second-order valence-electron chi connectivity index (χ2n) is 6.90. The van der Waals surface area contributed by atoms with E-state index < -0.39 is 15.9 Å². The Morgan fingerprint density at radius 3 is 2.50 bits per heavy atom. The minimum absolute atomic E-state index is 0.0369. The van der Waals surface area contributed by atoms with Crippen molar-refractivity contribution in [2.24, 2.45) is 11.7 Å². The quantitative estimate of drug-likeness (QED) is 0.664. The highest BCUT2D eigenvalue weighted by atomic mass is 32.2. The smallest absolute Gasteiger partial charge is 0.262 e. The van der Waals surface area contributed by atoms with Crippen LogP contribution in [0.25, 0.3) is 0 Å². The van der Waals surface area contributed by atoms with Crippen molar-refractivity contribution in [3.63, 3.8) is 0 Å². The van der Waals surface area contributed by atoms with Crippen LogP contribution in [-0.4, -0.2) is 20.2 Å². The van der Waals surface area contributed by atoms with E-state index >= 15 is 0 Å². The van der Waals surface area contributed by atoms with Crippen LogP contribution in [0, 0.1) is 5.92 Å². The summed E-state index contributed by atoms with van der Waals surface area (Å²) in [7, 11) is -3.89. The molecule has 1 aromatic heterocycles. The number of carbonyl (C=O) groups is 2. The molecule has 0 saturated carbocycles. The highest BCUT2D eigenvalue weighted by Crippen LogP contribution is 2.41. The van der Waals surface area contributed by atoms with Crippen molar-refractivity contribution >= 4 is 43.9 Å². The molecule has 0 saturated heterocycles. The Morgan fingerprint density at radius 2 is 1.93 bits per heavy atom. The number of benzene rings is 1. The van der Waals surface area contributed by atoms with E-state index in [0.717, 1.165) is 36.1 Å². The number of fused-ring (bicyclic) bond motifs is 1. The van der Waals surface area contributed by atoms with Crippen LogP contribution >= 0.6 is 11.3 Å². The summed E-state index contributed by atoms with van der Waals surface area (Å²) in [5.41, 5.74) is 7.23. The van der Waals surface area contributed by atoms with Crippen LogP contribution in [0.15, 0.2) is 29.2 Å². The van der Waals surface area contributed by atoms with Crippen LogP contribution in [0.2, 0.25) is 0 Å². The zero-order chi connectivity index (χ0) is 20.5. The monoisotopic (exact) mass is 421 g/mol. The van der Waals surface area contributed by atoms with Gasteiger partial charge in [-0.1, -0.05) is 13.3 Å². The molecule has 4 N–H and O–H groups in total. The number of anilines is 2. The fraction of sp³-hybridized carbons (Fsp3) is 0.368. The first-order valence-corrected chi connectivity index (χ1v) is 11.4. The van der Waals surface area contributed by atoms with E-state index in [1.54, 1.807) is 0 Å². The summed E-state index contributed by atoms with van der Waals surface area (Å²) in [6.07, 6.45) is 3.59. The maximum atomic E-state index is 12.8. The number of rotatable bonds is 6. The third-order valence-electron chi connectivity index (χ3n) is 4.90. The minimum Gasteiger partial charge on any atom is -0.365 e. The molecule has 1 aliphatic carbocycles. The second-order valence-corrected chi connectivity index (χ2v) is 9.69. The summed E-state index contributed by atoms with van der Waals surface area (Å²) in [6, 6.07) is 5.82. The third-order valence-corrected chi connectivity index (χ3v) is 7.57. The summed E-state index contributed by atoms with van der Waals surface area (Å²) >= 11 is 1.29. The Hall–Kier alpha value is -2.39. The molecule has 0 unspecified atom stereocenters. The van der Waals surface area contributed by atoms with E-state index in [-0.39, 0.29) is 21.4 Å². The summed E-state index contributed by atoms with van der Waals surface area (Å²) in [6.45, 7) is 3.51. The Morgan fingerprint density at radius 1 is 1.25 bits per heavy atom. The molecule has 7 nitrogen and oxygen atoms in total. The highest BCUT2D eigenvalue weighted by Gasteiger charge is 2.29. The van der Waals surface area contributed by atoms with E-state index in [9.17, 15) is 18.0 Å². The zero-order valence-electron chi connectivity index (χ0n) is 15.7. The van der Waals surface area contributed by atoms with Crippen molar-refractivity contribution < 1.29 is 18.0 Å². The van der Waals surface area contributed by atoms with Gasteiger partial charge in [0.05, 0.1) is 10.5 Å². The third kappa shape index (κ3) is 4.20. The number of carbonyl (C=O) groups excluding carboxylic acids is 2. The van der Waals surface area contributed by atoms with Gasteiger partial charge in [-0.3, -0.25) is 14.3 Å². The summed E-state index contributed by atoms with van der Waals surface area (Å²) in [4.78, 5) is 24.2. The van der Waals surface area contributed by atoms with Crippen molar-refractivity contribution in [2.75, 3.05) is 10.0 Å². The topological polar surface area (TPSA) is 118 Å². The lowest BCUT2D eigenvalue weighted by molar-refractivity contribution is -0.114. The first kappa shape index (κ1) is 20.3. The number of hydrogen-bond donors (Lipinski definition) is 3. The molecular formula is C19H23N3O4S2. The number of nitrogens with two attached hydrogens (primary N) is 1. The fourth-order valence-corrected chi connectivity index (χ4v) is 6.11. The molecular weight excluding hydrogens is 398 g/mol. The van der Waals surface area contributed by atoms with Gasteiger partial charge in [0.25, 0.3) is 15.9 Å². The second kappa shape index (κ2) is 7.92. The molecule has 0 radical (unpaired) electrons. The Labute approximate surface area is 168 Å². The van der Waals surface area contributed by atoms with Gasteiger partial charge in [0, 0.05) is 17.5 Å². The van der Waals surface area contributed by atoms with Crippen LogP contribution in [0.3, 0.4) is 0 Å². The number of primary amides is 1. The number of nitrogens with one attached hydrogen (secondary N) is 2. The summed E-state index contributed by atoms with van der Waals surface area (Å²) < 4.78 is 28.1. The normalized spacial score (nSPS) is 16.3. The lowest BCUT2D eigenvalue weighted by atomic mass is 9.85. The maximum absolute atomic E-state index is 12.8. The molecule has 3 rings (SSSR count). The first-order valence-electron chi connectivity index (χ1n) is 9.06. The molecule has 0 fully saturated rings. The predicted molar refractivity (Wildman–Crippen MR) is 110 cm³/mol. The molecule has 2 aromatic rings. The SMILES string of the molecule is CC[C@H]1CCc2c(sc(NS(=O)(=O)c3ccc(NC(C)=O)cc3)c2C(N)=O)C1. The lowest BCUT2D eigenvalue weighted by Gasteiger charge is -2.20. The minimum atomic E-state index is -3.89. The number of thiophene rings is 1. The average Bonchev–Trinajstić information content (AvgIpc) is 2.97. The zero-order valence-corrected chi connectivity index (χ0v) is 17.4. The van der Waals surface area contributed by atoms with E-state index in [1.807, 2.05) is 0 Å². The average molecular weight is 422 g/mol. The van der Waals surface area contributed by atoms with Crippen LogP contribution in [0.5, 0.6) is 0 Å². The van der Waals surface area contributed by atoms with Crippen molar-refractivity contribution in [2.45, 2.75) is 44.4 Å². The predicted octanol–water partition coefficient (Wildman–Crippen LogP) is 3.12.